The lowest BCUT2D eigenvalue weighted by atomic mass is 10.2. The Kier molecular flexibility index (Phi) is 6.23. The van der Waals surface area contributed by atoms with Gasteiger partial charge in [0.25, 0.3) is 5.91 Å². The van der Waals surface area contributed by atoms with Crippen molar-refractivity contribution in [2.24, 2.45) is 0 Å². The van der Waals surface area contributed by atoms with Crippen LogP contribution in [0.1, 0.15) is 25.8 Å². The molecule has 1 N–H and O–H groups in total. The van der Waals surface area contributed by atoms with E-state index in [1.54, 1.807) is 18.2 Å². The van der Waals surface area contributed by atoms with Gasteiger partial charge in [0.1, 0.15) is 0 Å². The van der Waals surface area contributed by atoms with E-state index in [0.717, 1.165) is 6.42 Å². The van der Waals surface area contributed by atoms with E-state index in [1.807, 2.05) is 19.9 Å². The van der Waals surface area contributed by atoms with Gasteiger partial charge in [0.2, 0.25) is 0 Å². The zero-order chi connectivity index (χ0) is 14.1. The molecular formula is C14H18N2O3. The second-order valence-electron chi connectivity index (χ2n) is 3.84. The molecular weight excluding hydrogens is 244 g/mol. The van der Waals surface area contributed by atoms with Crippen LogP contribution in [0.2, 0.25) is 0 Å². The van der Waals surface area contributed by atoms with Crippen LogP contribution in [0.3, 0.4) is 0 Å². The predicted molar refractivity (Wildman–Crippen MR) is 71.1 cm³/mol. The Hall–Kier alpha value is -2.22. The Morgan fingerprint density at radius 1 is 1.32 bits per heavy atom. The Morgan fingerprint density at radius 2 is 2.11 bits per heavy atom. The first-order chi connectivity index (χ1) is 9.21. The normalized spacial score (nSPS) is 9.53. The molecule has 0 saturated carbocycles. The third-order valence-electron chi connectivity index (χ3n) is 2.30. The largest absolute Gasteiger partial charge is 0.490 e. The maximum Gasteiger partial charge on any atom is 0.257 e. The fourth-order valence-corrected chi connectivity index (χ4v) is 1.42. The van der Waals surface area contributed by atoms with Crippen LogP contribution in [0.25, 0.3) is 0 Å². The topological polar surface area (TPSA) is 71.3 Å². The first kappa shape index (κ1) is 14.8. The van der Waals surface area contributed by atoms with Gasteiger partial charge in [0, 0.05) is 12.6 Å². The molecule has 0 fully saturated rings. The van der Waals surface area contributed by atoms with Gasteiger partial charge in [-0.25, -0.2) is 0 Å². The number of amides is 1. The summed E-state index contributed by atoms with van der Waals surface area (Å²) < 4.78 is 10.8. The maximum absolute atomic E-state index is 11.4. The van der Waals surface area contributed by atoms with Gasteiger partial charge in [-0.05, 0) is 25.5 Å². The molecule has 5 heteroatoms. The number of ether oxygens (including phenoxy) is 2. The van der Waals surface area contributed by atoms with Gasteiger partial charge < -0.3 is 14.8 Å². The lowest BCUT2D eigenvalue weighted by molar-refractivity contribution is -0.123. The molecule has 0 aliphatic rings. The first-order valence-electron chi connectivity index (χ1n) is 6.27. The number of rotatable bonds is 7. The third-order valence-corrected chi connectivity index (χ3v) is 2.30. The summed E-state index contributed by atoms with van der Waals surface area (Å²) in [6.45, 7) is 4.86. The Bertz CT molecular complexity index is 466. The smallest absolute Gasteiger partial charge is 0.257 e. The van der Waals surface area contributed by atoms with Crippen molar-refractivity contribution >= 4 is 5.91 Å². The summed E-state index contributed by atoms with van der Waals surface area (Å²) in [6.07, 6.45) is 0.882. The van der Waals surface area contributed by atoms with Crippen molar-refractivity contribution in [1.82, 2.24) is 5.32 Å². The molecule has 0 aliphatic carbocycles. The van der Waals surface area contributed by atoms with Crippen molar-refractivity contribution in [2.75, 3.05) is 19.8 Å². The van der Waals surface area contributed by atoms with E-state index < -0.39 is 0 Å². The minimum Gasteiger partial charge on any atom is -0.490 e. The molecule has 1 aromatic carbocycles. The number of nitrogens with zero attached hydrogens (tertiary/aromatic N) is 1. The lowest BCUT2D eigenvalue weighted by Crippen LogP contribution is -2.29. The standard InChI is InChI=1S/C14H18N2O3/c1-3-7-16-14(17)10-19-12-6-5-11(9-15)8-13(12)18-4-2/h5-6,8H,3-4,7,10H2,1-2H3,(H,16,17). The summed E-state index contributed by atoms with van der Waals surface area (Å²) in [5, 5.41) is 11.5. The van der Waals surface area contributed by atoms with Crippen molar-refractivity contribution in [3.63, 3.8) is 0 Å². The molecule has 0 aliphatic heterocycles. The fourth-order valence-electron chi connectivity index (χ4n) is 1.42. The highest BCUT2D eigenvalue weighted by atomic mass is 16.5. The Labute approximate surface area is 113 Å². The third kappa shape index (κ3) is 4.88. The van der Waals surface area contributed by atoms with Crippen LogP contribution in [0.15, 0.2) is 18.2 Å². The second-order valence-corrected chi connectivity index (χ2v) is 3.84. The predicted octanol–water partition coefficient (Wildman–Crippen LogP) is 1.86. The molecule has 0 aromatic heterocycles. The van der Waals surface area contributed by atoms with E-state index in [1.165, 1.54) is 0 Å². The van der Waals surface area contributed by atoms with Crippen LogP contribution in [-0.2, 0) is 4.79 Å². The van der Waals surface area contributed by atoms with Crippen LogP contribution in [0.4, 0.5) is 0 Å². The molecule has 0 atom stereocenters. The number of carbonyl (C=O) groups is 1. The Balaban J connectivity index is 2.66. The van der Waals surface area contributed by atoms with Crippen LogP contribution < -0.4 is 14.8 Å². The highest BCUT2D eigenvalue weighted by Gasteiger charge is 2.08. The molecule has 1 aromatic rings. The van der Waals surface area contributed by atoms with E-state index in [-0.39, 0.29) is 12.5 Å². The number of hydrogen-bond donors (Lipinski definition) is 1. The van der Waals surface area contributed by atoms with Crippen molar-refractivity contribution in [3.05, 3.63) is 23.8 Å². The summed E-state index contributed by atoms with van der Waals surface area (Å²) in [5.74, 6) is 0.769. The van der Waals surface area contributed by atoms with E-state index in [4.69, 9.17) is 14.7 Å². The highest BCUT2D eigenvalue weighted by molar-refractivity contribution is 5.77. The van der Waals surface area contributed by atoms with Gasteiger partial charge in [0.05, 0.1) is 18.2 Å². The van der Waals surface area contributed by atoms with Crippen molar-refractivity contribution in [3.8, 4) is 17.6 Å². The van der Waals surface area contributed by atoms with Gasteiger partial charge in [-0.2, -0.15) is 5.26 Å². The van der Waals surface area contributed by atoms with E-state index in [0.29, 0.717) is 30.2 Å². The van der Waals surface area contributed by atoms with E-state index >= 15 is 0 Å². The van der Waals surface area contributed by atoms with Gasteiger partial charge in [-0.15, -0.1) is 0 Å². The first-order valence-corrected chi connectivity index (χ1v) is 6.27. The van der Waals surface area contributed by atoms with Crippen LogP contribution in [-0.4, -0.2) is 25.7 Å². The van der Waals surface area contributed by atoms with Crippen LogP contribution in [0.5, 0.6) is 11.5 Å². The van der Waals surface area contributed by atoms with Gasteiger partial charge in [0.15, 0.2) is 18.1 Å². The molecule has 5 nitrogen and oxygen atoms in total. The second kappa shape index (κ2) is 7.98. The molecule has 19 heavy (non-hydrogen) atoms. The SMILES string of the molecule is CCCNC(=O)COc1ccc(C#N)cc1OCC. The monoisotopic (exact) mass is 262 g/mol. The quantitative estimate of drug-likeness (QED) is 0.814. The number of benzene rings is 1. The molecule has 0 bridgehead atoms. The average molecular weight is 262 g/mol. The summed E-state index contributed by atoms with van der Waals surface area (Å²) in [6, 6.07) is 6.89. The number of nitriles is 1. The average Bonchev–Trinajstić information content (AvgIpc) is 2.43. The van der Waals surface area contributed by atoms with E-state index in [9.17, 15) is 4.79 Å². The molecule has 102 valence electrons. The van der Waals surface area contributed by atoms with Crippen molar-refractivity contribution in [1.29, 1.82) is 5.26 Å². The molecule has 0 radical (unpaired) electrons. The summed E-state index contributed by atoms with van der Waals surface area (Å²) >= 11 is 0. The van der Waals surface area contributed by atoms with Crippen LogP contribution >= 0.6 is 0 Å². The minimum absolute atomic E-state index is 0.0635. The van der Waals surface area contributed by atoms with Gasteiger partial charge in [-0.1, -0.05) is 6.92 Å². The fraction of sp³-hybridized carbons (Fsp3) is 0.429. The zero-order valence-electron chi connectivity index (χ0n) is 11.2. The van der Waals surface area contributed by atoms with Gasteiger partial charge in [-0.3, -0.25) is 4.79 Å². The molecule has 0 spiro atoms. The van der Waals surface area contributed by atoms with Crippen LogP contribution in [0, 0.1) is 11.3 Å². The van der Waals surface area contributed by atoms with E-state index in [2.05, 4.69) is 5.32 Å². The summed E-state index contributed by atoms with van der Waals surface area (Å²) in [4.78, 5) is 11.4. The van der Waals surface area contributed by atoms with Gasteiger partial charge >= 0.3 is 0 Å². The number of carbonyl (C=O) groups excluding carboxylic acids is 1. The minimum atomic E-state index is -0.173. The molecule has 1 rings (SSSR count). The van der Waals surface area contributed by atoms with Crippen molar-refractivity contribution in [2.45, 2.75) is 20.3 Å². The summed E-state index contributed by atoms with van der Waals surface area (Å²) in [5.41, 5.74) is 0.492. The maximum atomic E-state index is 11.4. The molecule has 0 unspecified atom stereocenters. The zero-order valence-corrected chi connectivity index (χ0v) is 11.2. The number of hydrogen-bond acceptors (Lipinski definition) is 4. The molecule has 0 heterocycles. The number of nitrogens with one attached hydrogen (secondary N) is 1. The van der Waals surface area contributed by atoms with Crippen molar-refractivity contribution < 1.29 is 14.3 Å². The lowest BCUT2D eigenvalue weighted by Gasteiger charge is -2.12. The highest BCUT2D eigenvalue weighted by Crippen LogP contribution is 2.28. The summed E-state index contributed by atoms with van der Waals surface area (Å²) in [7, 11) is 0. The molecule has 0 saturated heterocycles. The molecule has 1 amide bonds. The Morgan fingerprint density at radius 3 is 2.74 bits per heavy atom.